The fourth-order valence-electron chi connectivity index (χ4n) is 2.36. The van der Waals surface area contributed by atoms with Gasteiger partial charge in [0.15, 0.2) is 5.69 Å². The van der Waals surface area contributed by atoms with E-state index in [1.165, 1.54) is 24.3 Å². The number of anilines is 2. The summed E-state index contributed by atoms with van der Waals surface area (Å²) in [6.45, 7) is 1.61. The summed E-state index contributed by atoms with van der Waals surface area (Å²) in [4.78, 5) is 15.4. The van der Waals surface area contributed by atoms with Gasteiger partial charge >= 0.3 is 12.2 Å². The number of alkyl halides is 3. The summed E-state index contributed by atoms with van der Waals surface area (Å²) in [6, 6.07) is 4.94. The number of nitrogens with two attached hydrogens (primary N) is 1. The average Bonchev–Trinajstić information content (AvgIpc) is 2.60. The number of hydrogen-bond donors (Lipinski definition) is 4. The number of ether oxygens (including phenoxy) is 1. The lowest BCUT2D eigenvalue weighted by molar-refractivity contribution is -0.141. The standard InChI is InChI=1S/C17H17F4N5O2/c1-8(9-3-5-10(18)6-4-9)24-16(27)26-12-7-11(22)13(15(23)28-2)14(25-12)17(19,20)21/h3-8,23H,1-2H3,(H4,22,24,25,26,27)/t8-/m1/s1. The van der Waals surface area contributed by atoms with Gasteiger partial charge in [-0.25, -0.2) is 14.2 Å². The molecular weight excluding hydrogens is 382 g/mol. The van der Waals surface area contributed by atoms with Crippen LogP contribution < -0.4 is 16.4 Å². The van der Waals surface area contributed by atoms with Crippen molar-refractivity contribution in [2.45, 2.75) is 19.1 Å². The Kier molecular flexibility index (Phi) is 6.06. The van der Waals surface area contributed by atoms with E-state index in [1.54, 1.807) is 6.92 Å². The molecule has 0 aliphatic carbocycles. The molecule has 150 valence electrons. The zero-order valence-electron chi connectivity index (χ0n) is 14.8. The molecule has 0 fully saturated rings. The normalized spacial score (nSPS) is 12.2. The third kappa shape index (κ3) is 4.87. The molecular formula is C17H17F4N5O2. The number of nitrogen functional groups attached to an aromatic ring is 1. The molecule has 0 radical (unpaired) electrons. The van der Waals surface area contributed by atoms with E-state index in [9.17, 15) is 22.4 Å². The number of amides is 2. The van der Waals surface area contributed by atoms with Crippen LogP contribution in [-0.2, 0) is 10.9 Å². The second kappa shape index (κ2) is 8.11. The highest BCUT2D eigenvalue weighted by Gasteiger charge is 2.38. The first-order valence-electron chi connectivity index (χ1n) is 7.86. The minimum absolute atomic E-state index is 0.434. The highest BCUT2D eigenvalue weighted by Crippen LogP contribution is 2.34. The van der Waals surface area contributed by atoms with Crippen molar-refractivity contribution in [2.75, 3.05) is 18.2 Å². The number of rotatable bonds is 4. The number of carbonyl (C=O) groups is 1. The second-order valence-corrected chi connectivity index (χ2v) is 5.72. The van der Waals surface area contributed by atoms with Crippen LogP contribution in [0.3, 0.4) is 0 Å². The molecule has 0 saturated heterocycles. The zero-order chi connectivity index (χ0) is 21.1. The quantitative estimate of drug-likeness (QED) is 0.357. The highest BCUT2D eigenvalue weighted by atomic mass is 19.4. The summed E-state index contributed by atoms with van der Waals surface area (Å²) in [5.74, 6) is -1.71. The molecule has 2 aromatic rings. The Morgan fingerprint density at radius 2 is 1.89 bits per heavy atom. The van der Waals surface area contributed by atoms with Gasteiger partial charge in [-0.3, -0.25) is 10.7 Å². The minimum Gasteiger partial charge on any atom is -0.481 e. The maximum atomic E-state index is 13.3. The molecule has 1 heterocycles. The fraction of sp³-hybridized carbons (Fsp3) is 0.235. The molecule has 5 N–H and O–H groups in total. The number of hydrogen-bond acceptors (Lipinski definition) is 5. The molecule has 0 aliphatic heterocycles. The number of nitrogens with one attached hydrogen (secondary N) is 3. The number of halogens is 4. The molecule has 2 rings (SSSR count). The first-order valence-corrected chi connectivity index (χ1v) is 7.86. The zero-order valence-corrected chi connectivity index (χ0v) is 14.8. The van der Waals surface area contributed by atoms with Crippen molar-refractivity contribution in [3.05, 3.63) is 53.0 Å². The van der Waals surface area contributed by atoms with Crippen LogP contribution in [0, 0.1) is 11.2 Å². The lowest BCUT2D eigenvalue weighted by atomic mass is 10.1. The topological polar surface area (TPSA) is 113 Å². The van der Waals surface area contributed by atoms with Crippen LogP contribution >= 0.6 is 0 Å². The van der Waals surface area contributed by atoms with E-state index in [2.05, 4.69) is 20.4 Å². The monoisotopic (exact) mass is 399 g/mol. The summed E-state index contributed by atoms with van der Waals surface area (Å²) in [5, 5.41) is 12.1. The van der Waals surface area contributed by atoms with Crippen LogP contribution in [0.1, 0.15) is 29.8 Å². The maximum Gasteiger partial charge on any atom is 0.434 e. The van der Waals surface area contributed by atoms with E-state index < -0.39 is 52.7 Å². The van der Waals surface area contributed by atoms with Crippen molar-refractivity contribution in [1.82, 2.24) is 10.3 Å². The average molecular weight is 399 g/mol. The molecule has 0 spiro atoms. The third-order valence-electron chi connectivity index (χ3n) is 3.71. The van der Waals surface area contributed by atoms with Crippen LogP contribution in [-0.4, -0.2) is 24.0 Å². The SMILES string of the molecule is COC(=N)c1c(N)cc(NC(=O)N[C@H](C)c2ccc(F)cc2)nc1C(F)(F)F. The van der Waals surface area contributed by atoms with Gasteiger partial charge in [0, 0.05) is 6.07 Å². The van der Waals surface area contributed by atoms with Crippen molar-refractivity contribution in [1.29, 1.82) is 5.41 Å². The Morgan fingerprint density at radius 1 is 1.29 bits per heavy atom. The number of benzene rings is 1. The summed E-state index contributed by atoms with van der Waals surface area (Å²) in [5.41, 5.74) is 3.58. The number of methoxy groups -OCH3 is 1. The van der Waals surface area contributed by atoms with Crippen LogP contribution in [0.5, 0.6) is 0 Å². The van der Waals surface area contributed by atoms with E-state index in [1.807, 2.05) is 0 Å². The Bertz CT molecular complexity index is 884. The fourth-order valence-corrected chi connectivity index (χ4v) is 2.36. The van der Waals surface area contributed by atoms with Crippen molar-refractivity contribution in [2.24, 2.45) is 0 Å². The van der Waals surface area contributed by atoms with Crippen molar-refractivity contribution < 1.29 is 27.1 Å². The third-order valence-corrected chi connectivity index (χ3v) is 3.71. The lowest BCUT2D eigenvalue weighted by Gasteiger charge is -2.18. The molecule has 0 aliphatic rings. The van der Waals surface area contributed by atoms with Crippen LogP contribution in [0.2, 0.25) is 0 Å². The molecule has 1 aromatic heterocycles. The number of pyridine rings is 1. The van der Waals surface area contributed by atoms with E-state index in [4.69, 9.17) is 11.1 Å². The summed E-state index contributed by atoms with van der Waals surface area (Å²) >= 11 is 0. The summed E-state index contributed by atoms with van der Waals surface area (Å²) < 4.78 is 57.3. The van der Waals surface area contributed by atoms with Crippen LogP contribution in [0.25, 0.3) is 0 Å². The van der Waals surface area contributed by atoms with Crippen molar-refractivity contribution >= 4 is 23.4 Å². The Balaban J connectivity index is 2.23. The first-order chi connectivity index (χ1) is 13.0. The summed E-state index contributed by atoms with van der Waals surface area (Å²) in [7, 11) is 1.03. The molecule has 1 atom stereocenters. The van der Waals surface area contributed by atoms with Crippen molar-refractivity contribution in [3.63, 3.8) is 0 Å². The molecule has 2 amide bonds. The lowest BCUT2D eigenvalue weighted by Crippen LogP contribution is -2.32. The number of carbonyl (C=O) groups excluding carboxylic acids is 1. The first kappa shape index (κ1) is 20.9. The molecule has 0 unspecified atom stereocenters. The van der Waals surface area contributed by atoms with E-state index >= 15 is 0 Å². The van der Waals surface area contributed by atoms with Gasteiger partial charge in [0.05, 0.1) is 24.4 Å². The van der Waals surface area contributed by atoms with Crippen LogP contribution in [0.4, 0.5) is 33.9 Å². The number of nitrogens with zero attached hydrogens (tertiary/aromatic N) is 1. The minimum atomic E-state index is -4.93. The van der Waals surface area contributed by atoms with Gasteiger partial charge in [0.25, 0.3) is 0 Å². The Labute approximate surface area is 157 Å². The van der Waals surface area contributed by atoms with Gasteiger partial charge in [-0.15, -0.1) is 0 Å². The number of urea groups is 1. The van der Waals surface area contributed by atoms with Gasteiger partial charge in [0.2, 0.25) is 5.90 Å². The molecule has 11 heteroatoms. The van der Waals surface area contributed by atoms with Gasteiger partial charge in [-0.1, -0.05) is 12.1 Å². The van der Waals surface area contributed by atoms with Gasteiger partial charge in [-0.05, 0) is 24.6 Å². The molecule has 0 bridgehead atoms. The Morgan fingerprint density at radius 3 is 2.43 bits per heavy atom. The predicted octanol–water partition coefficient (Wildman–Crippen LogP) is 3.68. The number of aromatic nitrogens is 1. The highest BCUT2D eigenvalue weighted by molar-refractivity contribution is 5.99. The maximum absolute atomic E-state index is 13.3. The van der Waals surface area contributed by atoms with E-state index in [0.717, 1.165) is 13.2 Å². The predicted molar refractivity (Wildman–Crippen MR) is 94.5 cm³/mol. The van der Waals surface area contributed by atoms with Gasteiger partial charge < -0.3 is 15.8 Å². The van der Waals surface area contributed by atoms with Gasteiger partial charge in [0.1, 0.15) is 11.6 Å². The molecule has 7 nitrogen and oxygen atoms in total. The van der Waals surface area contributed by atoms with Crippen molar-refractivity contribution in [3.8, 4) is 0 Å². The molecule has 28 heavy (non-hydrogen) atoms. The largest absolute Gasteiger partial charge is 0.481 e. The Hall–Kier alpha value is -3.37. The smallest absolute Gasteiger partial charge is 0.434 e. The van der Waals surface area contributed by atoms with E-state index in [0.29, 0.717) is 5.56 Å². The molecule has 0 saturated carbocycles. The summed E-state index contributed by atoms with van der Waals surface area (Å²) in [6.07, 6.45) is -4.93. The van der Waals surface area contributed by atoms with E-state index in [-0.39, 0.29) is 0 Å². The van der Waals surface area contributed by atoms with Gasteiger partial charge in [-0.2, -0.15) is 13.2 Å². The second-order valence-electron chi connectivity index (χ2n) is 5.72. The molecule has 1 aromatic carbocycles. The van der Waals surface area contributed by atoms with Crippen LogP contribution in [0.15, 0.2) is 30.3 Å².